The van der Waals surface area contributed by atoms with Crippen LogP contribution in [0.1, 0.15) is 37.7 Å². The lowest BCUT2D eigenvalue weighted by Crippen LogP contribution is -2.39. The van der Waals surface area contributed by atoms with Gasteiger partial charge in [0.1, 0.15) is 5.75 Å². The summed E-state index contributed by atoms with van der Waals surface area (Å²) in [4.78, 5) is 12.1. The van der Waals surface area contributed by atoms with E-state index < -0.39 is 21.5 Å². The van der Waals surface area contributed by atoms with Crippen LogP contribution in [-0.2, 0) is 14.6 Å². The second-order valence-corrected chi connectivity index (χ2v) is 7.46. The first kappa shape index (κ1) is 15.0. The zero-order valence-electron chi connectivity index (χ0n) is 11.8. The second-order valence-electron chi connectivity index (χ2n) is 5.47. The molecule has 5 heteroatoms. The van der Waals surface area contributed by atoms with E-state index in [1.54, 1.807) is 24.3 Å². The first-order valence-electron chi connectivity index (χ1n) is 7.06. The molecular weight excluding hydrogens is 274 g/mol. The van der Waals surface area contributed by atoms with Gasteiger partial charge in [-0.2, -0.15) is 0 Å². The van der Waals surface area contributed by atoms with Crippen molar-refractivity contribution < 1.29 is 13.2 Å². The van der Waals surface area contributed by atoms with E-state index in [2.05, 4.69) is 5.32 Å². The summed E-state index contributed by atoms with van der Waals surface area (Å²) in [5, 5.41) is 2.84. The molecule has 0 saturated heterocycles. The summed E-state index contributed by atoms with van der Waals surface area (Å²) in [5.74, 6) is -0.857. The molecule has 20 heavy (non-hydrogen) atoms. The Kier molecular flexibility index (Phi) is 4.81. The van der Waals surface area contributed by atoms with Crippen LogP contribution >= 0.6 is 0 Å². The molecule has 2 rings (SSSR count). The topological polar surface area (TPSA) is 63.2 Å². The number of nitrogens with one attached hydrogen (secondary N) is 1. The van der Waals surface area contributed by atoms with Gasteiger partial charge in [0.15, 0.2) is 9.84 Å². The molecule has 4 nitrogen and oxygen atoms in total. The Morgan fingerprint density at radius 3 is 2.35 bits per heavy atom. The maximum atomic E-state index is 12.1. The molecule has 1 N–H and O–H groups in total. The molecule has 1 fully saturated rings. The zero-order valence-corrected chi connectivity index (χ0v) is 12.6. The number of carbonyl (C=O) groups excluding carboxylic acids is 1. The van der Waals surface area contributed by atoms with Crippen LogP contribution in [-0.4, -0.2) is 26.1 Å². The fourth-order valence-electron chi connectivity index (χ4n) is 2.52. The Labute approximate surface area is 120 Å². The van der Waals surface area contributed by atoms with Crippen molar-refractivity contribution in [2.24, 2.45) is 0 Å². The smallest absolute Gasteiger partial charge is 0.235 e. The van der Waals surface area contributed by atoms with E-state index in [9.17, 15) is 13.2 Å². The van der Waals surface area contributed by atoms with Crippen molar-refractivity contribution in [1.29, 1.82) is 0 Å². The van der Waals surface area contributed by atoms with Crippen LogP contribution in [0.2, 0.25) is 0 Å². The third-order valence-electron chi connectivity index (χ3n) is 3.67. The lowest BCUT2D eigenvalue weighted by atomic mass is 9.95. The minimum atomic E-state index is -3.54. The Hall–Kier alpha value is -1.36. The van der Waals surface area contributed by atoms with E-state index in [1.807, 2.05) is 6.92 Å². The van der Waals surface area contributed by atoms with Crippen molar-refractivity contribution >= 4 is 15.7 Å². The van der Waals surface area contributed by atoms with Crippen LogP contribution in [0, 0.1) is 6.92 Å². The van der Waals surface area contributed by atoms with E-state index in [0.717, 1.165) is 31.2 Å². The summed E-state index contributed by atoms with van der Waals surface area (Å²) in [6.07, 6.45) is 5.33. The minimum absolute atomic E-state index is 0.143. The normalized spacial score (nSPS) is 16.9. The fraction of sp³-hybridized carbons (Fsp3) is 0.533. The molecule has 0 aliphatic heterocycles. The average Bonchev–Trinajstić information content (AvgIpc) is 2.39. The van der Waals surface area contributed by atoms with Gasteiger partial charge in [-0.05, 0) is 31.9 Å². The molecule has 1 aliphatic carbocycles. The van der Waals surface area contributed by atoms with Crippen molar-refractivity contribution in [1.82, 2.24) is 5.32 Å². The quantitative estimate of drug-likeness (QED) is 0.926. The molecule has 0 aromatic heterocycles. The number of amides is 1. The highest BCUT2D eigenvalue weighted by Gasteiger charge is 2.22. The van der Waals surface area contributed by atoms with Gasteiger partial charge in [-0.15, -0.1) is 0 Å². The standard InChI is InChI=1S/C15H21NO3S/c1-12-7-9-14(10-8-12)20(18,19)11-15(17)16-13-5-3-2-4-6-13/h7-10,13H,2-6,11H2,1H3,(H,16,17). The average molecular weight is 295 g/mol. The molecule has 110 valence electrons. The fourth-order valence-corrected chi connectivity index (χ4v) is 3.66. The number of benzene rings is 1. The van der Waals surface area contributed by atoms with E-state index in [-0.39, 0.29) is 10.9 Å². The van der Waals surface area contributed by atoms with E-state index in [4.69, 9.17) is 0 Å². The molecular formula is C15H21NO3S. The monoisotopic (exact) mass is 295 g/mol. The van der Waals surface area contributed by atoms with Crippen molar-refractivity contribution in [3.05, 3.63) is 29.8 Å². The maximum absolute atomic E-state index is 12.1. The maximum Gasteiger partial charge on any atom is 0.235 e. The molecule has 1 aromatic rings. The zero-order chi connectivity index (χ0) is 14.6. The van der Waals surface area contributed by atoms with Gasteiger partial charge in [0.2, 0.25) is 5.91 Å². The van der Waals surface area contributed by atoms with Crippen molar-refractivity contribution in [3.63, 3.8) is 0 Å². The van der Waals surface area contributed by atoms with Gasteiger partial charge in [0, 0.05) is 6.04 Å². The van der Waals surface area contributed by atoms with Crippen LogP contribution in [0.4, 0.5) is 0 Å². The Morgan fingerprint density at radius 1 is 1.15 bits per heavy atom. The first-order chi connectivity index (χ1) is 9.47. The number of hydrogen-bond acceptors (Lipinski definition) is 3. The number of rotatable bonds is 4. The Bertz CT molecular complexity index is 557. The molecule has 0 radical (unpaired) electrons. The number of carbonyl (C=O) groups is 1. The van der Waals surface area contributed by atoms with Crippen LogP contribution in [0.5, 0.6) is 0 Å². The highest BCUT2D eigenvalue weighted by Crippen LogP contribution is 2.18. The minimum Gasteiger partial charge on any atom is -0.352 e. The molecule has 1 saturated carbocycles. The summed E-state index contributed by atoms with van der Waals surface area (Å²) >= 11 is 0. The van der Waals surface area contributed by atoms with Crippen molar-refractivity contribution in [3.8, 4) is 0 Å². The van der Waals surface area contributed by atoms with Crippen LogP contribution in [0.25, 0.3) is 0 Å². The Morgan fingerprint density at radius 2 is 1.75 bits per heavy atom. The highest BCUT2D eigenvalue weighted by atomic mass is 32.2. The molecule has 1 aliphatic rings. The van der Waals surface area contributed by atoms with Crippen LogP contribution < -0.4 is 5.32 Å². The lowest BCUT2D eigenvalue weighted by Gasteiger charge is -2.22. The highest BCUT2D eigenvalue weighted by molar-refractivity contribution is 7.92. The summed E-state index contributed by atoms with van der Waals surface area (Å²) in [7, 11) is -3.54. The van der Waals surface area contributed by atoms with E-state index >= 15 is 0 Å². The van der Waals surface area contributed by atoms with Gasteiger partial charge in [-0.3, -0.25) is 4.79 Å². The van der Waals surface area contributed by atoms with Crippen LogP contribution in [0.3, 0.4) is 0 Å². The van der Waals surface area contributed by atoms with Gasteiger partial charge < -0.3 is 5.32 Å². The molecule has 0 heterocycles. The molecule has 0 spiro atoms. The van der Waals surface area contributed by atoms with Gasteiger partial charge >= 0.3 is 0 Å². The van der Waals surface area contributed by atoms with Gasteiger partial charge in [-0.1, -0.05) is 37.0 Å². The van der Waals surface area contributed by atoms with E-state index in [1.165, 1.54) is 6.42 Å². The predicted octanol–water partition coefficient (Wildman–Crippen LogP) is 2.22. The second kappa shape index (κ2) is 6.39. The number of sulfone groups is 1. The number of hydrogen-bond donors (Lipinski definition) is 1. The largest absolute Gasteiger partial charge is 0.352 e. The molecule has 0 unspecified atom stereocenters. The van der Waals surface area contributed by atoms with Crippen LogP contribution in [0.15, 0.2) is 29.2 Å². The third-order valence-corrected chi connectivity index (χ3v) is 5.30. The summed E-state index contributed by atoms with van der Waals surface area (Å²) < 4.78 is 24.3. The molecule has 0 atom stereocenters. The van der Waals surface area contributed by atoms with Gasteiger partial charge in [0.25, 0.3) is 0 Å². The third kappa shape index (κ3) is 4.07. The molecule has 1 amide bonds. The summed E-state index contributed by atoms with van der Waals surface area (Å²) in [6.45, 7) is 1.90. The predicted molar refractivity (Wildman–Crippen MR) is 78.2 cm³/mol. The Balaban J connectivity index is 1.97. The van der Waals surface area contributed by atoms with Crippen molar-refractivity contribution in [2.75, 3.05) is 5.75 Å². The molecule has 1 aromatic carbocycles. The SMILES string of the molecule is Cc1ccc(S(=O)(=O)CC(=O)NC2CCCCC2)cc1. The summed E-state index contributed by atoms with van der Waals surface area (Å²) in [5.41, 5.74) is 0.996. The first-order valence-corrected chi connectivity index (χ1v) is 8.71. The van der Waals surface area contributed by atoms with Gasteiger partial charge in [-0.25, -0.2) is 8.42 Å². The lowest BCUT2D eigenvalue weighted by molar-refractivity contribution is -0.119. The van der Waals surface area contributed by atoms with Gasteiger partial charge in [0.05, 0.1) is 4.90 Å². The summed E-state index contributed by atoms with van der Waals surface area (Å²) in [6, 6.07) is 6.74. The number of aryl methyl sites for hydroxylation is 1. The van der Waals surface area contributed by atoms with Crippen molar-refractivity contribution in [2.45, 2.75) is 50.0 Å². The van der Waals surface area contributed by atoms with E-state index in [0.29, 0.717) is 0 Å². The molecule has 0 bridgehead atoms.